The van der Waals surface area contributed by atoms with E-state index in [1.54, 1.807) is 13.2 Å². The smallest absolute Gasteiger partial charge is 0.305 e. The Hall–Kier alpha value is -8.15. The number of carbonyl (C=O) groups is 15. The number of primary amides is 1. The minimum Gasteiger partial charge on any atom is -0.508 e. The average molecular weight is 1630 g/mol. The van der Waals surface area contributed by atoms with Gasteiger partial charge in [0, 0.05) is 25.3 Å². The molecule has 19 N–H and O–H groups in total. The molecule has 0 aliphatic carbocycles. The van der Waals surface area contributed by atoms with E-state index in [1.165, 1.54) is 104 Å². The Bertz CT molecular complexity index is 3160. The lowest BCUT2D eigenvalue weighted by atomic mass is 10.0. The quantitative estimate of drug-likeness (QED) is 0.0417. The van der Waals surface area contributed by atoms with E-state index in [0.29, 0.717) is 62.7 Å². The molecule has 0 radical (unpaired) electrons. The summed E-state index contributed by atoms with van der Waals surface area (Å²) in [5.74, 6) is -12.2. The minimum atomic E-state index is -1.73. The number of nitrogens with zero attached hydrogens (tertiary/aromatic N) is 1. The van der Waals surface area contributed by atoms with E-state index in [4.69, 9.17) is 11.5 Å². The van der Waals surface area contributed by atoms with Crippen LogP contribution in [0.1, 0.15) is 240 Å². The first kappa shape index (κ1) is 101. The van der Waals surface area contributed by atoms with Gasteiger partial charge in [-0.25, -0.2) is 0 Å². The van der Waals surface area contributed by atoms with Gasteiger partial charge in [0.1, 0.15) is 66.2 Å². The number of carboxylic acids is 1. The van der Waals surface area contributed by atoms with Gasteiger partial charge in [0.2, 0.25) is 76.8 Å². The second kappa shape index (κ2) is 57.8. The van der Waals surface area contributed by atoms with Gasteiger partial charge in [0.25, 0.3) is 0 Å². The van der Waals surface area contributed by atoms with E-state index in [2.05, 4.69) is 65.4 Å². The molecule has 1 aliphatic rings. The number of carboxylic acid groups (broad SMARTS) is 1. The number of aliphatic carboxylic acids is 1. The van der Waals surface area contributed by atoms with Gasteiger partial charge >= 0.3 is 5.97 Å². The highest BCUT2D eigenvalue weighted by Gasteiger charge is 2.46. The highest BCUT2D eigenvalue weighted by molar-refractivity contribution is 7.98. The second-order valence-corrected chi connectivity index (χ2v) is 31.2. The number of Topliss-reactive ketones (excluding diaryl/α,β-unsaturated/α-hetero) is 1. The topological polar surface area (TPSA) is 525 Å². The van der Waals surface area contributed by atoms with Crippen molar-refractivity contribution < 1.29 is 92.3 Å². The standard InChI is InChI=1S/C78H132N14O19S2/c1-9-12-15-16-17-18-19-20-21-22-23-24-26-32-65(98)82-57(39-42-112-7)69(102)81-47-66(99)83-60(45-52-33-35-53(96)36-34-52)74(107)86-56(37-38-64(80)97)72(105)85-54(29-25-13-10-2)70(103)84-55(30-27-28-41-79)71(104)89-61-44-49(4)92(78(61)111)63(31-14-11-3)76(109)90-62(48-93)75(108)87-58(40-43-113-8)73(106)91-68(51(6)95)77(110)88-59(50(5)94)46-67(100)101/h33-36,49,51,54-63,68,93,95-96H,9-32,37-48,79H2,1-8H3,(H2,80,97)(H,81,102)(H,82,98)(H,83,99)(H,84,103)(H,85,105)(H,86,107)(H,87,108)(H,88,110)(H,89,104)(H,90,109)(H,91,106)(H,100,101)/t49?,51-,54+,55+,56-,57+,58+,59+,60+,61+,62+,63+,68+/m1/s1. The zero-order valence-corrected chi connectivity index (χ0v) is 69.2. The van der Waals surface area contributed by atoms with Gasteiger partial charge < -0.3 is 95.3 Å². The van der Waals surface area contributed by atoms with Crippen molar-refractivity contribution in [2.75, 3.05) is 43.7 Å². The van der Waals surface area contributed by atoms with Gasteiger partial charge in [0.15, 0.2) is 5.78 Å². The molecule has 1 aliphatic heterocycles. The summed E-state index contributed by atoms with van der Waals surface area (Å²) < 4.78 is 0. The summed E-state index contributed by atoms with van der Waals surface area (Å²) in [7, 11) is 0. The third kappa shape index (κ3) is 40.6. The largest absolute Gasteiger partial charge is 0.508 e. The van der Waals surface area contributed by atoms with Crippen molar-refractivity contribution in [3.8, 4) is 5.75 Å². The molecule has 1 aromatic rings. The van der Waals surface area contributed by atoms with Crippen LogP contribution in [0, 0.1) is 0 Å². The molecule has 0 spiro atoms. The van der Waals surface area contributed by atoms with E-state index in [9.17, 15) is 92.3 Å². The number of aromatic hydroxyl groups is 1. The molecule has 640 valence electrons. The zero-order valence-electron chi connectivity index (χ0n) is 67.6. The SMILES string of the molecule is CCCCCCCCCCCCCCCC(=O)N[C@@H](CCSC)C(=O)NCC(=O)N[C@@H](Cc1ccc(O)cc1)C(=O)N[C@H](CCC(N)=O)C(=O)N[C@@H](CCCCC)C(=O)N[C@@H](CCCCN)C(=O)N[C@H]1CC(C)N([C@@H](CCCC)C(=O)N[C@@H](CO)C(=O)N[C@@H](CCSC)C(=O)N[C@H](C(=O)N[C@@H](CC(=O)O)C(C)=O)[C@@H](C)O)C1=O. The summed E-state index contributed by atoms with van der Waals surface area (Å²) in [6, 6.07) is -10.7. The van der Waals surface area contributed by atoms with Crippen molar-refractivity contribution in [1.82, 2.24) is 63.4 Å². The molecule has 35 heteroatoms. The van der Waals surface area contributed by atoms with Crippen LogP contribution >= 0.6 is 23.5 Å². The van der Waals surface area contributed by atoms with E-state index < -0.39 is 187 Å². The van der Waals surface area contributed by atoms with Crippen LogP contribution in [0.2, 0.25) is 0 Å². The summed E-state index contributed by atoms with van der Waals surface area (Å²) in [5.41, 5.74) is 11.9. The van der Waals surface area contributed by atoms with Crippen LogP contribution in [0.4, 0.5) is 0 Å². The minimum absolute atomic E-state index is 0.00697. The summed E-state index contributed by atoms with van der Waals surface area (Å²) >= 11 is 2.76. The summed E-state index contributed by atoms with van der Waals surface area (Å²) in [6.07, 6.45) is 18.8. The average Bonchev–Trinajstić information content (AvgIpc) is 1.65. The molecule has 1 unspecified atom stereocenters. The van der Waals surface area contributed by atoms with Gasteiger partial charge in [-0.15, -0.1) is 0 Å². The first-order chi connectivity index (χ1) is 53.9. The molecular weight excluding hydrogens is 1500 g/mol. The maximum Gasteiger partial charge on any atom is 0.305 e. The van der Waals surface area contributed by atoms with Crippen molar-refractivity contribution in [1.29, 1.82) is 0 Å². The molecule has 2 rings (SSSR count). The fraction of sp³-hybridized carbons (Fsp3) is 0.731. The molecule has 113 heavy (non-hydrogen) atoms. The first-order valence-electron chi connectivity index (χ1n) is 40.3. The number of nitrogens with one attached hydrogen (secondary N) is 11. The summed E-state index contributed by atoms with van der Waals surface area (Å²) in [4.78, 5) is 206. The predicted octanol–water partition coefficient (Wildman–Crippen LogP) is 2.48. The molecule has 0 saturated carbocycles. The van der Waals surface area contributed by atoms with Crippen molar-refractivity contribution in [2.45, 2.75) is 319 Å². The summed E-state index contributed by atoms with van der Waals surface area (Å²) in [6.45, 7) is 8.38. The normalized spacial score (nSPS) is 16.2. The molecule has 0 bridgehead atoms. The Kier molecular flexibility index (Phi) is 51.6. The molecule has 1 fully saturated rings. The Balaban J connectivity index is 2.37. The maximum absolute atomic E-state index is 14.7. The number of hydrogen-bond acceptors (Lipinski definition) is 21. The van der Waals surface area contributed by atoms with Crippen LogP contribution in [-0.2, 0) is 78.3 Å². The Labute approximate surface area is 674 Å². The first-order valence-corrected chi connectivity index (χ1v) is 43.1. The monoisotopic (exact) mass is 1630 g/mol. The van der Waals surface area contributed by atoms with Crippen LogP contribution in [0.5, 0.6) is 5.75 Å². The van der Waals surface area contributed by atoms with E-state index in [1.807, 2.05) is 20.1 Å². The Morgan fingerprint density at radius 3 is 1.47 bits per heavy atom. The van der Waals surface area contributed by atoms with Crippen LogP contribution in [0.25, 0.3) is 0 Å². The lowest BCUT2D eigenvalue weighted by Crippen LogP contribution is -2.61. The molecule has 13 atom stereocenters. The lowest BCUT2D eigenvalue weighted by Gasteiger charge is -2.32. The predicted molar refractivity (Wildman–Crippen MR) is 432 cm³/mol. The third-order valence-corrected chi connectivity index (χ3v) is 20.8. The van der Waals surface area contributed by atoms with Crippen molar-refractivity contribution in [3.05, 3.63) is 29.8 Å². The zero-order chi connectivity index (χ0) is 84.4. The van der Waals surface area contributed by atoms with Crippen LogP contribution in [0.15, 0.2) is 24.3 Å². The number of nitrogens with two attached hydrogens (primary N) is 2. The highest BCUT2D eigenvalue weighted by atomic mass is 32.2. The van der Waals surface area contributed by atoms with E-state index >= 15 is 0 Å². The van der Waals surface area contributed by atoms with Gasteiger partial charge in [-0.3, -0.25) is 71.9 Å². The van der Waals surface area contributed by atoms with E-state index in [0.717, 1.165) is 39.5 Å². The van der Waals surface area contributed by atoms with Gasteiger partial charge in [0.05, 0.1) is 31.7 Å². The molecule has 13 amide bonds. The van der Waals surface area contributed by atoms with Crippen LogP contribution < -0.4 is 70.0 Å². The number of phenols is 1. The number of likely N-dealkylation sites (tertiary alicyclic amines) is 1. The van der Waals surface area contributed by atoms with Gasteiger partial charge in [-0.2, -0.15) is 23.5 Å². The number of amides is 13. The number of aliphatic hydroxyl groups excluding tert-OH is 2. The number of phenolic OH excluding ortho intramolecular Hbond substituents is 1. The fourth-order valence-corrected chi connectivity index (χ4v) is 13.9. The number of unbranched alkanes of at least 4 members (excludes halogenated alkanes) is 16. The molecule has 33 nitrogen and oxygen atoms in total. The molecule has 1 saturated heterocycles. The number of rotatable bonds is 63. The molecule has 1 heterocycles. The third-order valence-electron chi connectivity index (χ3n) is 19.5. The van der Waals surface area contributed by atoms with Crippen molar-refractivity contribution in [2.24, 2.45) is 11.5 Å². The van der Waals surface area contributed by atoms with Crippen molar-refractivity contribution in [3.63, 3.8) is 0 Å². The Morgan fingerprint density at radius 1 is 0.513 bits per heavy atom. The number of ketones is 1. The molecule has 0 aromatic heterocycles. The van der Waals surface area contributed by atoms with Gasteiger partial charge in [-0.1, -0.05) is 142 Å². The lowest BCUT2D eigenvalue weighted by molar-refractivity contribution is -0.142. The number of carbonyl (C=O) groups excluding carboxylic acids is 14. The maximum atomic E-state index is 14.7. The van der Waals surface area contributed by atoms with E-state index in [-0.39, 0.29) is 81.7 Å². The second-order valence-electron chi connectivity index (χ2n) is 29.2. The number of benzene rings is 1. The molecular formula is C78H132N14O19S2. The number of hydrogen-bond donors (Lipinski definition) is 17. The molecule has 1 aromatic carbocycles. The number of thioether (sulfide) groups is 2. The van der Waals surface area contributed by atoms with Crippen LogP contribution in [0.3, 0.4) is 0 Å². The van der Waals surface area contributed by atoms with Crippen LogP contribution in [-0.4, -0.2) is 236 Å². The van der Waals surface area contributed by atoms with Crippen molar-refractivity contribution >= 4 is 112 Å². The number of aliphatic hydroxyl groups is 2. The summed E-state index contributed by atoms with van der Waals surface area (Å²) in [5, 5.41) is 68.8. The van der Waals surface area contributed by atoms with Gasteiger partial charge in [-0.05, 0) is 133 Å². The highest BCUT2D eigenvalue weighted by Crippen LogP contribution is 2.26. The fourth-order valence-electron chi connectivity index (χ4n) is 12.9. The Morgan fingerprint density at radius 2 is 0.965 bits per heavy atom.